The average Bonchev–Trinajstić information content (AvgIpc) is 3.45. The summed E-state index contributed by atoms with van der Waals surface area (Å²) < 4.78 is 10.1. The molecule has 0 saturated carbocycles. The Morgan fingerprint density at radius 2 is 1.94 bits per heavy atom. The largest absolute Gasteiger partial charge is 0.457 e. The summed E-state index contributed by atoms with van der Waals surface area (Å²) in [7, 11) is 0. The number of nitrogens with zero attached hydrogens (tertiary/aromatic N) is 1. The highest BCUT2D eigenvalue weighted by atomic mass is 16.5. The molecule has 3 atom stereocenters. The molecule has 8 heteroatoms. The van der Waals surface area contributed by atoms with Crippen molar-refractivity contribution in [1.82, 2.24) is 10.2 Å². The van der Waals surface area contributed by atoms with E-state index in [1.54, 1.807) is 6.07 Å². The summed E-state index contributed by atoms with van der Waals surface area (Å²) in [5.74, 6) is -0.736. The van der Waals surface area contributed by atoms with Crippen LogP contribution >= 0.6 is 0 Å². The number of hydrogen-bond donors (Lipinski definition) is 2. The van der Waals surface area contributed by atoms with Crippen LogP contribution in [0.15, 0.2) is 23.9 Å². The molecule has 2 N–H and O–H groups in total. The molecule has 34 heavy (non-hydrogen) atoms. The number of cyclic esters (lactones) is 2. The number of ether oxygens (including phenoxy) is 2. The first-order valence-electron chi connectivity index (χ1n) is 12.2. The Labute approximate surface area is 199 Å². The normalized spacial score (nSPS) is 28.9. The maximum atomic E-state index is 13.4. The number of rotatable bonds is 7. The molecule has 0 spiro atoms. The Kier molecular flexibility index (Phi) is 5.98. The second kappa shape index (κ2) is 8.82. The van der Waals surface area contributed by atoms with E-state index < -0.39 is 17.5 Å². The van der Waals surface area contributed by atoms with Gasteiger partial charge in [-0.3, -0.25) is 9.69 Å². The zero-order chi connectivity index (χ0) is 24.0. The van der Waals surface area contributed by atoms with Crippen LogP contribution in [0.2, 0.25) is 0 Å². The van der Waals surface area contributed by atoms with Crippen LogP contribution in [0.1, 0.15) is 78.6 Å². The third-order valence-corrected chi connectivity index (χ3v) is 8.12. The molecule has 8 nitrogen and oxygen atoms in total. The van der Waals surface area contributed by atoms with Crippen LogP contribution in [0.3, 0.4) is 0 Å². The summed E-state index contributed by atoms with van der Waals surface area (Å²) in [6, 6.07) is 4.04. The van der Waals surface area contributed by atoms with E-state index in [0.717, 1.165) is 55.2 Å². The predicted molar refractivity (Wildman–Crippen MR) is 123 cm³/mol. The number of hydrogen-bond acceptors (Lipinski definition) is 7. The molecule has 5 rings (SSSR count). The standard InChI is InChI=1S/C26H32N2O6/c1-3-8-26(25(32)27-16-9-23(30)33-13-16)10-17-4-5-18(11-26)28(17)12-22(29)19-6-7-20-21(15(19)2)14-34-24(20)31/h6-7,9,17-18,22,29H,3-5,8,10-14H2,1-2H3,(H,27,32). The summed E-state index contributed by atoms with van der Waals surface area (Å²) in [5, 5.41) is 14.1. The number of carbonyl (C=O) groups is 3. The molecule has 4 aliphatic rings. The van der Waals surface area contributed by atoms with Gasteiger partial charge in [0.05, 0.1) is 22.8 Å². The van der Waals surface area contributed by atoms with Gasteiger partial charge in [0.15, 0.2) is 0 Å². The first-order valence-corrected chi connectivity index (χ1v) is 12.2. The number of aliphatic hydroxyl groups is 1. The van der Waals surface area contributed by atoms with E-state index in [-0.39, 0.29) is 37.2 Å². The van der Waals surface area contributed by atoms with Gasteiger partial charge in [0.2, 0.25) is 5.91 Å². The lowest BCUT2D eigenvalue weighted by Gasteiger charge is -2.46. The summed E-state index contributed by atoms with van der Waals surface area (Å²) in [6.45, 7) is 4.92. The molecule has 0 aromatic heterocycles. The third kappa shape index (κ3) is 3.92. The van der Waals surface area contributed by atoms with Crippen LogP contribution in [0.4, 0.5) is 0 Å². The fourth-order valence-corrected chi connectivity index (χ4v) is 6.47. The van der Waals surface area contributed by atoms with Gasteiger partial charge in [-0.1, -0.05) is 19.4 Å². The minimum Gasteiger partial charge on any atom is -0.457 e. The highest BCUT2D eigenvalue weighted by Gasteiger charge is 2.52. The van der Waals surface area contributed by atoms with E-state index in [1.807, 2.05) is 13.0 Å². The Hall–Kier alpha value is -2.71. The van der Waals surface area contributed by atoms with Gasteiger partial charge in [-0.2, -0.15) is 0 Å². The Bertz CT molecular complexity index is 1050. The van der Waals surface area contributed by atoms with Gasteiger partial charge in [-0.05, 0) is 56.2 Å². The molecule has 182 valence electrons. The summed E-state index contributed by atoms with van der Waals surface area (Å²) >= 11 is 0. The van der Waals surface area contributed by atoms with Crippen molar-refractivity contribution in [2.75, 3.05) is 13.2 Å². The first-order chi connectivity index (χ1) is 16.3. The van der Waals surface area contributed by atoms with Crippen LogP contribution in [-0.4, -0.2) is 53.1 Å². The number of fused-ring (bicyclic) bond motifs is 3. The average molecular weight is 469 g/mol. The van der Waals surface area contributed by atoms with E-state index >= 15 is 0 Å². The Morgan fingerprint density at radius 1 is 1.21 bits per heavy atom. The van der Waals surface area contributed by atoms with Crippen molar-refractivity contribution in [1.29, 1.82) is 0 Å². The van der Waals surface area contributed by atoms with Gasteiger partial charge in [0, 0.05) is 30.3 Å². The molecule has 1 amide bonds. The molecule has 2 fully saturated rings. The van der Waals surface area contributed by atoms with Crippen LogP contribution in [0.25, 0.3) is 0 Å². The quantitative estimate of drug-likeness (QED) is 0.593. The molecular weight excluding hydrogens is 436 g/mol. The SMILES string of the molecule is CCCC1(C(=O)NC2=CC(=O)OC2)CC2CCC(C1)N2CC(O)c1ccc2c(c1C)COC2=O. The fourth-order valence-electron chi connectivity index (χ4n) is 6.47. The molecular formula is C26H32N2O6. The minimum atomic E-state index is -0.677. The molecule has 2 saturated heterocycles. The molecule has 4 aliphatic heterocycles. The van der Waals surface area contributed by atoms with E-state index in [0.29, 0.717) is 17.8 Å². The number of aliphatic hydroxyl groups excluding tert-OH is 1. The van der Waals surface area contributed by atoms with Crippen molar-refractivity contribution < 1.29 is 29.0 Å². The minimum absolute atomic E-state index is 0.0184. The molecule has 2 bridgehead atoms. The zero-order valence-electron chi connectivity index (χ0n) is 19.8. The number of carbonyl (C=O) groups excluding carboxylic acids is 3. The van der Waals surface area contributed by atoms with Crippen molar-refractivity contribution in [3.8, 4) is 0 Å². The first kappa shape index (κ1) is 23.1. The van der Waals surface area contributed by atoms with Crippen molar-refractivity contribution in [3.05, 3.63) is 46.2 Å². The highest BCUT2D eigenvalue weighted by molar-refractivity contribution is 5.94. The second-order valence-electron chi connectivity index (χ2n) is 10.1. The number of benzene rings is 1. The second-order valence-corrected chi connectivity index (χ2v) is 10.1. The van der Waals surface area contributed by atoms with Gasteiger partial charge in [0.25, 0.3) is 0 Å². The van der Waals surface area contributed by atoms with Crippen LogP contribution in [0.5, 0.6) is 0 Å². The van der Waals surface area contributed by atoms with Gasteiger partial charge in [-0.25, -0.2) is 9.59 Å². The lowest BCUT2D eigenvalue weighted by molar-refractivity contribution is -0.137. The number of amides is 1. The number of esters is 2. The van der Waals surface area contributed by atoms with E-state index in [1.165, 1.54) is 6.08 Å². The fraction of sp³-hybridized carbons (Fsp3) is 0.577. The lowest BCUT2D eigenvalue weighted by Crippen LogP contribution is -2.54. The summed E-state index contributed by atoms with van der Waals surface area (Å²) in [4.78, 5) is 39.0. The Balaban J connectivity index is 1.31. The number of piperidine rings is 1. The van der Waals surface area contributed by atoms with Crippen molar-refractivity contribution in [2.45, 2.75) is 77.2 Å². The van der Waals surface area contributed by atoms with Gasteiger partial charge in [0.1, 0.15) is 13.2 Å². The van der Waals surface area contributed by atoms with Crippen LogP contribution in [0, 0.1) is 12.3 Å². The Morgan fingerprint density at radius 3 is 2.59 bits per heavy atom. The van der Waals surface area contributed by atoms with Crippen molar-refractivity contribution in [3.63, 3.8) is 0 Å². The van der Waals surface area contributed by atoms with E-state index in [4.69, 9.17) is 9.47 Å². The molecule has 1 aromatic carbocycles. The van der Waals surface area contributed by atoms with E-state index in [9.17, 15) is 19.5 Å². The van der Waals surface area contributed by atoms with Gasteiger partial charge in [-0.15, -0.1) is 0 Å². The molecule has 0 aliphatic carbocycles. The molecule has 3 unspecified atom stereocenters. The molecule has 4 heterocycles. The predicted octanol–water partition coefficient (Wildman–Crippen LogP) is 2.67. The highest BCUT2D eigenvalue weighted by Crippen LogP contribution is 2.49. The lowest BCUT2D eigenvalue weighted by atomic mass is 9.71. The van der Waals surface area contributed by atoms with Gasteiger partial charge >= 0.3 is 11.9 Å². The van der Waals surface area contributed by atoms with Crippen LogP contribution in [-0.2, 0) is 25.7 Å². The van der Waals surface area contributed by atoms with Crippen LogP contribution < -0.4 is 5.32 Å². The smallest absolute Gasteiger partial charge is 0.338 e. The maximum absolute atomic E-state index is 13.4. The molecule has 0 radical (unpaired) electrons. The zero-order valence-corrected chi connectivity index (χ0v) is 19.8. The van der Waals surface area contributed by atoms with Crippen molar-refractivity contribution in [2.24, 2.45) is 5.41 Å². The number of nitrogens with one attached hydrogen (secondary N) is 1. The summed E-state index contributed by atoms with van der Waals surface area (Å²) in [5.41, 5.74) is 3.26. The monoisotopic (exact) mass is 468 g/mol. The maximum Gasteiger partial charge on any atom is 0.338 e. The third-order valence-electron chi connectivity index (χ3n) is 8.12. The molecule has 1 aromatic rings. The van der Waals surface area contributed by atoms with Gasteiger partial charge < -0.3 is 19.9 Å². The van der Waals surface area contributed by atoms with E-state index in [2.05, 4.69) is 17.1 Å². The summed E-state index contributed by atoms with van der Waals surface area (Å²) in [6.07, 6.45) is 5.87. The van der Waals surface area contributed by atoms with Crippen molar-refractivity contribution >= 4 is 17.8 Å². The topological polar surface area (TPSA) is 105 Å².